The van der Waals surface area contributed by atoms with Crippen LogP contribution >= 0.6 is 11.6 Å². The average molecular weight is 376 g/mol. The number of urea groups is 1. The molecule has 138 valence electrons. The van der Waals surface area contributed by atoms with Gasteiger partial charge in [-0.3, -0.25) is 14.9 Å². The lowest BCUT2D eigenvalue weighted by Crippen LogP contribution is -2.58. The van der Waals surface area contributed by atoms with Crippen molar-refractivity contribution < 1.29 is 14.4 Å². The Morgan fingerprint density at radius 1 is 1.00 bits per heavy atom. The van der Waals surface area contributed by atoms with Crippen LogP contribution in [0.5, 0.6) is 0 Å². The van der Waals surface area contributed by atoms with Crippen molar-refractivity contribution in [1.29, 1.82) is 0 Å². The zero-order chi connectivity index (χ0) is 18.4. The summed E-state index contributed by atoms with van der Waals surface area (Å²) in [5.74, 6) is -0.139. The zero-order valence-corrected chi connectivity index (χ0v) is 15.3. The normalized spacial score (nSPS) is 23.8. The highest BCUT2D eigenvalue weighted by molar-refractivity contribution is 6.30. The van der Waals surface area contributed by atoms with E-state index < -0.39 is 17.0 Å². The van der Waals surface area contributed by atoms with Gasteiger partial charge in [0.05, 0.1) is 5.41 Å². The summed E-state index contributed by atoms with van der Waals surface area (Å²) in [6, 6.07) is 7.16. The number of benzene rings is 1. The number of carbonyl (C=O) groups excluding carboxylic acids is 3. The first kappa shape index (κ1) is 17.3. The van der Waals surface area contributed by atoms with Crippen molar-refractivity contribution in [2.24, 2.45) is 0 Å². The summed E-state index contributed by atoms with van der Waals surface area (Å²) in [5.41, 5.74) is -0.315. The first-order chi connectivity index (χ1) is 12.5. The fourth-order valence-corrected chi connectivity index (χ4v) is 4.77. The molecule has 2 heterocycles. The third-order valence-electron chi connectivity index (χ3n) is 6.18. The molecule has 6 nitrogen and oxygen atoms in total. The molecular weight excluding hydrogens is 354 g/mol. The van der Waals surface area contributed by atoms with Crippen molar-refractivity contribution in [2.45, 2.75) is 49.5 Å². The Balaban J connectivity index is 1.54. The smallest absolute Gasteiger partial charge is 0.322 e. The number of rotatable bonds is 2. The SMILES string of the molecule is O=C1NC(=O)C2(CCN(C(=O)C3(c4ccc(Cl)cc4)CCCC3)CC2)N1. The standard InChI is InChI=1S/C19H22ClN3O3/c20-14-5-3-13(4-6-14)18(7-1-2-8-18)16(25)23-11-9-19(10-12-23)15(24)21-17(26)22-19/h3-6H,1-2,7-12H2,(H2,21,22,24,26). The summed E-state index contributed by atoms with van der Waals surface area (Å²) in [5, 5.41) is 5.72. The molecule has 0 unspecified atom stereocenters. The average Bonchev–Trinajstić information content (AvgIpc) is 3.22. The first-order valence-electron chi connectivity index (χ1n) is 9.14. The van der Waals surface area contributed by atoms with Crippen molar-refractivity contribution in [1.82, 2.24) is 15.5 Å². The molecule has 2 N–H and O–H groups in total. The summed E-state index contributed by atoms with van der Waals surface area (Å²) in [7, 11) is 0. The van der Waals surface area contributed by atoms with Gasteiger partial charge in [0.1, 0.15) is 5.54 Å². The molecule has 3 fully saturated rings. The largest absolute Gasteiger partial charge is 0.342 e. The summed E-state index contributed by atoms with van der Waals surface area (Å²) >= 11 is 6.02. The predicted molar refractivity (Wildman–Crippen MR) is 96.8 cm³/mol. The third kappa shape index (κ3) is 2.67. The molecule has 1 spiro atoms. The Kier molecular flexibility index (Phi) is 4.18. The summed E-state index contributed by atoms with van der Waals surface area (Å²) in [6.07, 6.45) is 4.65. The lowest BCUT2D eigenvalue weighted by molar-refractivity contribution is -0.141. The highest BCUT2D eigenvalue weighted by Gasteiger charge is 2.51. The lowest BCUT2D eigenvalue weighted by Gasteiger charge is -2.41. The molecule has 1 saturated carbocycles. The Labute approximate surface area is 157 Å². The van der Waals surface area contributed by atoms with Crippen LogP contribution in [0.1, 0.15) is 44.1 Å². The van der Waals surface area contributed by atoms with Crippen LogP contribution in [0.4, 0.5) is 4.79 Å². The van der Waals surface area contributed by atoms with Crippen LogP contribution in [-0.4, -0.2) is 41.4 Å². The van der Waals surface area contributed by atoms with Gasteiger partial charge in [0.25, 0.3) is 5.91 Å². The molecule has 2 saturated heterocycles. The first-order valence-corrected chi connectivity index (χ1v) is 9.52. The van der Waals surface area contributed by atoms with Crippen LogP contribution < -0.4 is 10.6 Å². The van der Waals surface area contributed by atoms with Gasteiger partial charge in [-0.2, -0.15) is 0 Å². The van der Waals surface area contributed by atoms with Crippen molar-refractivity contribution in [3.63, 3.8) is 0 Å². The van der Waals surface area contributed by atoms with E-state index in [1.807, 2.05) is 29.2 Å². The zero-order valence-electron chi connectivity index (χ0n) is 14.5. The molecule has 0 radical (unpaired) electrons. The molecule has 4 rings (SSSR count). The fraction of sp³-hybridized carbons (Fsp3) is 0.526. The number of carbonyl (C=O) groups is 3. The summed E-state index contributed by atoms with van der Waals surface area (Å²) < 4.78 is 0. The molecule has 3 aliphatic rings. The molecule has 1 aliphatic carbocycles. The highest BCUT2D eigenvalue weighted by Crippen LogP contribution is 2.43. The minimum absolute atomic E-state index is 0.136. The third-order valence-corrected chi connectivity index (χ3v) is 6.43. The monoisotopic (exact) mass is 375 g/mol. The molecule has 4 amide bonds. The van der Waals surface area contributed by atoms with Crippen LogP contribution in [0.3, 0.4) is 0 Å². The number of imide groups is 1. The Hall–Kier alpha value is -2.08. The minimum Gasteiger partial charge on any atom is -0.342 e. The van der Waals surface area contributed by atoms with Crippen LogP contribution in [0.2, 0.25) is 5.02 Å². The van der Waals surface area contributed by atoms with Gasteiger partial charge in [0.15, 0.2) is 0 Å². The van der Waals surface area contributed by atoms with Gasteiger partial charge in [-0.05, 0) is 43.4 Å². The van der Waals surface area contributed by atoms with Gasteiger partial charge in [0.2, 0.25) is 5.91 Å². The second-order valence-electron chi connectivity index (χ2n) is 7.58. The fourth-order valence-electron chi connectivity index (χ4n) is 4.65. The van der Waals surface area contributed by atoms with Crippen molar-refractivity contribution in [3.8, 4) is 0 Å². The molecule has 1 aromatic rings. The van der Waals surface area contributed by atoms with Gasteiger partial charge in [0, 0.05) is 18.1 Å². The molecule has 26 heavy (non-hydrogen) atoms. The van der Waals surface area contributed by atoms with Gasteiger partial charge >= 0.3 is 6.03 Å². The van der Waals surface area contributed by atoms with Crippen LogP contribution in [0.25, 0.3) is 0 Å². The second kappa shape index (κ2) is 6.27. The van der Waals surface area contributed by atoms with Gasteiger partial charge < -0.3 is 10.2 Å². The van der Waals surface area contributed by atoms with Gasteiger partial charge in [-0.15, -0.1) is 0 Å². The number of amides is 4. The maximum atomic E-state index is 13.5. The van der Waals surface area contributed by atoms with Gasteiger partial charge in [-0.25, -0.2) is 4.79 Å². The van der Waals surface area contributed by atoms with E-state index in [9.17, 15) is 14.4 Å². The van der Waals surface area contributed by atoms with Crippen LogP contribution in [0.15, 0.2) is 24.3 Å². The van der Waals surface area contributed by atoms with Gasteiger partial charge in [-0.1, -0.05) is 36.6 Å². The minimum atomic E-state index is -0.850. The van der Waals surface area contributed by atoms with E-state index in [-0.39, 0.29) is 11.8 Å². The number of likely N-dealkylation sites (tertiary alicyclic amines) is 1. The van der Waals surface area contributed by atoms with Crippen molar-refractivity contribution in [3.05, 3.63) is 34.9 Å². The number of nitrogens with one attached hydrogen (secondary N) is 2. The Morgan fingerprint density at radius 2 is 1.62 bits per heavy atom. The van der Waals surface area contributed by atoms with E-state index in [4.69, 9.17) is 11.6 Å². The van der Waals surface area contributed by atoms with Crippen molar-refractivity contribution >= 4 is 29.4 Å². The molecular formula is C19H22ClN3O3. The topological polar surface area (TPSA) is 78.5 Å². The molecule has 1 aromatic carbocycles. The maximum Gasteiger partial charge on any atom is 0.322 e. The number of halogens is 1. The maximum absolute atomic E-state index is 13.5. The summed E-state index contributed by atoms with van der Waals surface area (Å²) in [4.78, 5) is 38.9. The molecule has 2 aliphatic heterocycles. The quantitative estimate of drug-likeness (QED) is 0.779. The van der Waals surface area contributed by atoms with E-state index >= 15 is 0 Å². The van der Waals surface area contributed by atoms with E-state index in [2.05, 4.69) is 10.6 Å². The molecule has 0 bridgehead atoms. The highest BCUT2D eigenvalue weighted by atomic mass is 35.5. The van der Waals surface area contributed by atoms with Crippen LogP contribution in [-0.2, 0) is 15.0 Å². The number of hydrogen-bond donors (Lipinski definition) is 2. The predicted octanol–water partition coefficient (Wildman–Crippen LogP) is 2.35. The van der Waals surface area contributed by atoms with Crippen molar-refractivity contribution in [2.75, 3.05) is 13.1 Å². The molecule has 0 aromatic heterocycles. The molecule has 7 heteroatoms. The van der Waals surface area contributed by atoms with E-state index in [1.165, 1.54) is 0 Å². The Morgan fingerprint density at radius 3 is 2.15 bits per heavy atom. The second-order valence-corrected chi connectivity index (χ2v) is 8.02. The van der Waals surface area contributed by atoms with Crippen LogP contribution in [0, 0.1) is 0 Å². The number of nitrogens with zero attached hydrogens (tertiary/aromatic N) is 1. The molecule has 0 atom stereocenters. The summed E-state index contributed by atoms with van der Waals surface area (Å²) in [6.45, 7) is 0.948. The number of hydrogen-bond acceptors (Lipinski definition) is 3. The lowest BCUT2D eigenvalue weighted by atomic mass is 9.76. The number of piperidine rings is 1. The Bertz CT molecular complexity index is 748. The van der Waals surface area contributed by atoms with E-state index in [1.54, 1.807) is 0 Å². The van der Waals surface area contributed by atoms with E-state index in [0.29, 0.717) is 31.0 Å². The van der Waals surface area contributed by atoms with E-state index in [0.717, 1.165) is 31.2 Å².